The van der Waals surface area contributed by atoms with Crippen molar-refractivity contribution in [3.05, 3.63) is 65.7 Å². The van der Waals surface area contributed by atoms with Crippen LogP contribution in [-0.4, -0.2) is 62.4 Å². The molecule has 0 aliphatic heterocycles. The highest BCUT2D eigenvalue weighted by Gasteiger charge is 2.29. The Morgan fingerprint density at radius 2 is 1.33 bits per heavy atom. The van der Waals surface area contributed by atoms with E-state index in [2.05, 4.69) is 5.32 Å². The SMILES string of the molecule is COC(=O)c1cc(OC)c(OC)cc1NC(=O)CN(c1ccc(C)cc1)S(=O)(=O)c1ccc(OC)c(OC)c1. The van der Waals surface area contributed by atoms with E-state index >= 15 is 0 Å². The molecule has 0 heterocycles. The van der Waals surface area contributed by atoms with Crippen LogP contribution in [0.2, 0.25) is 0 Å². The number of hydrogen-bond donors (Lipinski definition) is 1. The van der Waals surface area contributed by atoms with Crippen LogP contribution in [0.1, 0.15) is 15.9 Å². The second-order valence-corrected chi connectivity index (χ2v) is 10.0. The van der Waals surface area contributed by atoms with Crippen molar-refractivity contribution < 1.29 is 41.7 Å². The molecule has 0 spiro atoms. The first-order valence-electron chi connectivity index (χ1n) is 11.5. The van der Waals surface area contributed by atoms with Gasteiger partial charge in [0, 0.05) is 18.2 Å². The van der Waals surface area contributed by atoms with Crippen LogP contribution in [-0.2, 0) is 19.6 Å². The van der Waals surface area contributed by atoms with E-state index in [-0.39, 0.29) is 39.1 Å². The van der Waals surface area contributed by atoms with E-state index in [0.29, 0.717) is 5.75 Å². The maximum absolute atomic E-state index is 13.8. The predicted octanol–water partition coefficient (Wildman–Crippen LogP) is 3.65. The number of carbonyl (C=O) groups excluding carboxylic acids is 2. The maximum atomic E-state index is 13.8. The maximum Gasteiger partial charge on any atom is 0.340 e. The Morgan fingerprint density at radius 1 is 0.769 bits per heavy atom. The fraction of sp³-hybridized carbons (Fsp3) is 0.259. The van der Waals surface area contributed by atoms with Crippen LogP contribution in [0.4, 0.5) is 11.4 Å². The molecule has 0 aromatic heterocycles. The van der Waals surface area contributed by atoms with E-state index < -0.39 is 28.4 Å². The molecule has 0 atom stereocenters. The first kappa shape index (κ1) is 29.1. The number of carbonyl (C=O) groups is 2. The first-order chi connectivity index (χ1) is 18.6. The number of methoxy groups -OCH3 is 5. The normalized spacial score (nSPS) is 10.8. The van der Waals surface area contributed by atoms with Crippen LogP contribution in [0.25, 0.3) is 0 Å². The zero-order valence-corrected chi connectivity index (χ0v) is 23.2. The quantitative estimate of drug-likeness (QED) is 0.351. The third kappa shape index (κ3) is 6.34. The van der Waals surface area contributed by atoms with E-state index in [1.807, 2.05) is 6.92 Å². The molecule has 0 saturated carbocycles. The summed E-state index contributed by atoms with van der Waals surface area (Å²) in [6.07, 6.45) is 0. The van der Waals surface area contributed by atoms with E-state index in [9.17, 15) is 18.0 Å². The lowest BCUT2D eigenvalue weighted by Gasteiger charge is -2.25. The van der Waals surface area contributed by atoms with Gasteiger partial charge in [0.15, 0.2) is 23.0 Å². The van der Waals surface area contributed by atoms with Crippen molar-refractivity contribution in [1.29, 1.82) is 0 Å². The molecule has 0 radical (unpaired) electrons. The van der Waals surface area contributed by atoms with E-state index in [1.54, 1.807) is 24.3 Å². The van der Waals surface area contributed by atoms with Gasteiger partial charge in [-0.1, -0.05) is 17.7 Å². The Morgan fingerprint density at radius 3 is 1.90 bits per heavy atom. The average Bonchev–Trinajstić information content (AvgIpc) is 2.95. The molecule has 3 aromatic carbocycles. The Labute approximate surface area is 227 Å². The summed E-state index contributed by atoms with van der Waals surface area (Å²) >= 11 is 0. The highest BCUT2D eigenvalue weighted by molar-refractivity contribution is 7.92. The number of hydrogen-bond acceptors (Lipinski definition) is 9. The highest BCUT2D eigenvalue weighted by atomic mass is 32.2. The van der Waals surface area contributed by atoms with Crippen molar-refractivity contribution in [2.24, 2.45) is 0 Å². The lowest BCUT2D eigenvalue weighted by molar-refractivity contribution is -0.114. The molecular weight excluding hydrogens is 528 g/mol. The van der Waals surface area contributed by atoms with Gasteiger partial charge >= 0.3 is 5.97 Å². The Balaban J connectivity index is 2.04. The van der Waals surface area contributed by atoms with Crippen molar-refractivity contribution in [3.8, 4) is 23.0 Å². The standard InChI is InChI=1S/C27H30N2O9S/c1-17-7-9-18(10-8-17)29(39(32,33)19-11-12-22(34-2)23(13-19)35-3)16-26(30)28-21-15-25(37-5)24(36-4)14-20(21)27(31)38-6/h7-15H,16H2,1-6H3,(H,28,30). The molecule has 0 aliphatic carbocycles. The Hall–Kier alpha value is -4.45. The van der Waals surface area contributed by atoms with Crippen LogP contribution >= 0.6 is 0 Å². The minimum atomic E-state index is -4.27. The molecule has 3 aromatic rings. The van der Waals surface area contributed by atoms with Gasteiger partial charge in [-0.15, -0.1) is 0 Å². The summed E-state index contributed by atoms with van der Waals surface area (Å²) in [5.41, 5.74) is 1.20. The summed E-state index contributed by atoms with van der Waals surface area (Å²) in [5, 5.41) is 2.60. The van der Waals surface area contributed by atoms with Crippen LogP contribution in [0.15, 0.2) is 59.5 Å². The fourth-order valence-corrected chi connectivity index (χ4v) is 5.15. The zero-order valence-electron chi connectivity index (χ0n) is 22.4. The number of aryl methyl sites for hydroxylation is 1. The van der Waals surface area contributed by atoms with Gasteiger partial charge in [-0.2, -0.15) is 0 Å². The fourth-order valence-electron chi connectivity index (χ4n) is 3.71. The van der Waals surface area contributed by atoms with Crippen molar-refractivity contribution in [2.75, 3.05) is 51.7 Å². The number of ether oxygens (including phenoxy) is 5. The minimum Gasteiger partial charge on any atom is -0.493 e. The molecule has 208 valence electrons. The topological polar surface area (TPSA) is 130 Å². The molecule has 11 nitrogen and oxygen atoms in total. The van der Waals surface area contributed by atoms with Crippen molar-refractivity contribution in [2.45, 2.75) is 11.8 Å². The zero-order chi connectivity index (χ0) is 28.7. The van der Waals surface area contributed by atoms with Crippen molar-refractivity contribution in [3.63, 3.8) is 0 Å². The summed E-state index contributed by atoms with van der Waals surface area (Å²) in [6, 6.07) is 13.5. The van der Waals surface area contributed by atoms with Crippen LogP contribution in [0.5, 0.6) is 23.0 Å². The van der Waals surface area contributed by atoms with Gasteiger partial charge in [-0.3, -0.25) is 9.10 Å². The van der Waals surface area contributed by atoms with Crippen molar-refractivity contribution >= 4 is 33.3 Å². The lowest BCUT2D eigenvalue weighted by Crippen LogP contribution is -2.38. The minimum absolute atomic E-state index is 0.00636. The van der Waals surface area contributed by atoms with Gasteiger partial charge in [-0.05, 0) is 31.2 Å². The second-order valence-electron chi connectivity index (χ2n) is 8.16. The third-order valence-corrected chi connectivity index (χ3v) is 7.53. The molecule has 0 fully saturated rings. The van der Waals surface area contributed by atoms with Gasteiger partial charge in [0.1, 0.15) is 6.54 Å². The van der Waals surface area contributed by atoms with Crippen LogP contribution in [0, 0.1) is 6.92 Å². The largest absolute Gasteiger partial charge is 0.493 e. The van der Waals surface area contributed by atoms with Gasteiger partial charge in [0.25, 0.3) is 10.0 Å². The summed E-state index contributed by atoms with van der Waals surface area (Å²) in [6.45, 7) is 1.24. The van der Waals surface area contributed by atoms with E-state index in [1.165, 1.54) is 65.9 Å². The number of nitrogens with zero attached hydrogens (tertiary/aromatic N) is 1. The number of sulfonamides is 1. The lowest BCUT2D eigenvalue weighted by atomic mass is 10.1. The number of nitrogens with one attached hydrogen (secondary N) is 1. The highest BCUT2D eigenvalue weighted by Crippen LogP contribution is 2.35. The van der Waals surface area contributed by atoms with E-state index in [0.717, 1.165) is 9.87 Å². The molecule has 12 heteroatoms. The number of rotatable bonds is 11. The van der Waals surface area contributed by atoms with Gasteiger partial charge in [0.05, 0.1) is 57.4 Å². The Bertz CT molecular complexity index is 1450. The molecular formula is C27H30N2O9S. The molecule has 3 rings (SSSR count). The van der Waals surface area contributed by atoms with Gasteiger partial charge in [-0.25, -0.2) is 13.2 Å². The number of anilines is 2. The van der Waals surface area contributed by atoms with Gasteiger partial charge in [0.2, 0.25) is 5.91 Å². The summed E-state index contributed by atoms with van der Waals surface area (Å²) < 4.78 is 54.4. The number of benzene rings is 3. The van der Waals surface area contributed by atoms with E-state index in [4.69, 9.17) is 23.7 Å². The molecule has 0 aliphatic rings. The van der Waals surface area contributed by atoms with Crippen LogP contribution < -0.4 is 28.6 Å². The van der Waals surface area contributed by atoms with Gasteiger partial charge < -0.3 is 29.0 Å². The summed E-state index contributed by atoms with van der Waals surface area (Å²) in [7, 11) is 2.55. The first-order valence-corrected chi connectivity index (χ1v) is 13.0. The molecule has 0 saturated heterocycles. The van der Waals surface area contributed by atoms with Crippen molar-refractivity contribution in [1.82, 2.24) is 0 Å². The van der Waals surface area contributed by atoms with Crippen LogP contribution in [0.3, 0.4) is 0 Å². The summed E-state index contributed by atoms with van der Waals surface area (Å²) in [5.74, 6) is -0.418. The number of amides is 1. The summed E-state index contributed by atoms with van der Waals surface area (Å²) in [4.78, 5) is 25.6. The second kappa shape index (κ2) is 12.4. The number of esters is 1. The molecule has 0 unspecified atom stereocenters. The molecule has 1 N–H and O–H groups in total. The molecule has 1 amide bonds. The Kier molecular flexibility index (Phi) is 9.25. The smallest absolute Gasteiger partial charge is 0.340 e. The average molecular weight is 559 g/mol. The molecule has 39 heavy (non-hydrogen) atoms. The predicted molar refractivity (Wildman–Crippen MR) is 145 cm³/mol. The molecule has 0 bridgehead atoms. The third-order valence-electron chi connectivity index (χ3n) is 5.76. The monoisotopic (exact) mass is 558 g/mol.